The van der Waals surface area contributed by atoms with Gasteiger partial charge in [-0.3, -0.25) is 14.6 Å². The Labute approximate surface area is 112 Å². The molecule has 0 atom stereocenters. The van der Waals surface area contributed by atoms with E-state index in [0.717, 1.165) is 0 Å². The summed E-state index contributed by atoms with van der Waals surface area (Å²) < 4.78 is 0. The van der Waals surface area contributed by atoms with Crippen LogP contribution in [0.5, 0.6) is 0 Å². The number of rotatable bonds is 4. The number of hydrogen-bond acceptors (Lipinski definition) is 5. The minimum Gasteiger partial charge on any atom is -0.478 e. The maximum Gasteiger partial charge on any atom is 0.335 e. The van der Waals surface area contributed by atoms with Gasteiger partial charge in [0, 0.05) is 12.3 Å². The molecule has 0 bridgehead atoms. The highest BCUT2D eigenvalue weighted by Crippen LogP contribution is 2.02. The Balaban J connectivity index is 2.03. The summed E-state index contributed by atoms with van der Waals surface area (Å²) >= 11 is 0. The van der Waals surface area contributed by atoms with Crippen LogP contribution in [0.3, 0.4) is 0 Å². The minimum atomic E-state index is -1.07. The first-order valence-electron chi connectivity index (χ1n) is 5.58. The van der Waals surface area contributed by atoms with Gasteiger partial charge in [-0.15, -0.1) is 0 Å². The topological polar surface area (TPSA) is 125 Å². The predicted octanol–water partition coefficient (Wildman–Crippen LogP) is -0.207. The second-order valence-corrected chi connectivity index (χ2v) is 3.83. The van der Waals surface area contributed by atoms with Crippen molar-refractivity contribution in [2.45, 2.75) is 6.54 Å². The standard InChI is InChI=1S/C12H10N4O4/c17-10-2-1-9(15-16-10)11(18)14-6-8-5-7(12(19)20)3-4-13-8/h1-5H,6H2,(H,14,18)(H,16,17)(H,19,20). The number of amides is 1. The van der Waals surface area contributed by atoms with Crippen LogP contribution in [0.4, 0.5) is 0 Å². The molecule has 2 aromatic heterocycles. The van der Waals surface area contributed by atoms with Crippen molar-refractivity contribution in [2.24, 2.45) is 0 Å². The minimum absolute atomic E-state index is 0.0546. The second-order valence-electron chi connectivity index (χ2n) is 3.83. The molecule has 0 spiro atoms. The molecule has 20 heavy (non-hydrogen) atoms. The number of hydrogen-bond donors (Lipinski definition) is 3. The summed E-state index contributed by atoms with van der Waals surface area (Å²) in [6.45, 7) is 0.0563. The fourth-order valence-corrected chi connectivity index (χ4v) is 1.44. The molecule has 2 aromatic rings. The van der Waals surface area contributed by atoms with E-state index in [9.17, 15) is 14.4 Å². The number of carbonyl (C=O) groups is 2. The highest BCUT2D eigenvalue weighted by Gasteiger charge is 2.08. The lowest BCUT2D eigenvalue weighted by molar-refractivity contribution is 0.0696. The zero-order chi connectivity index (χ0) is 14.5. The second kappa shape index (κ2) is 5.74. The lowest BCUT2D eigenvalue weighted by atomic mass is 10.2. The molecule has 0 fully saturated rings. The molecule has 0 aliphatic carbocycles. The number of aromatic nitrogens is 3. The molecule has 2 rings (SSSR count). The number of carboxylic acids is 1. The zero-order valence-electron chi connectivity index (χ0n) is 10.2. The molecule has 0 saturated carbocycles. The van der Waals surface area contributed by atoms with Crippen LogP contribution in [-0.4, -0.2) is 32.2 Å². The van der Waals surface area contributed by atoms with E-state index in [1.54, 1.807) is 0 Å². The van der Waals surface area contributed by atoms with E-state index in [2.05, 4.69) is 20.5 Å². The fraction of sp³-hybridized carbons (Fsp3) is 0.0833. The van der Waals surface area contributed by atoms with Crippen molar-refractivity contribution in [3.8, 4) is 0 Å². The van der Waals surface area contributed by atoms with Gasteiger partial charge in [0.15, 0.2) is 0 Å². The van der Waals surface area contributed by atoms with Crippen LogP contribution in [0.2, 0.25) is 0 Å². The van der Waals surface area contributed by atoms with E-state index in [1.165, 1.54) is 30.5 Å². The normalized spacial score (nSPS) is 10.0. The molecule has 0 aliphatic rings. The number of nitrogens with one attached hydrogen (secondary N) is 2. The first-order chi connectivity index (χ1) is 9.56. The Morgan fingerprint density at radius 3 is 2.75 bits per heavy atom. The van der Waals surface area contributed by atoms with Crippen molar-refractivity contribution < 1.29 is 14.7 Å². The summed E-state index contributed by atoms with van der Waals surface area (Å²) in [5.74, 6) is -1.56. The molecule has 8 nitrogen and oxygen atoms in total. The van der Waals surface area contributed by atoms with Gasteiger partial charge < -0.3 is 10.4 Å². The zero-order valence-corrected chi connectivity index (χ0v) is 10.2. The van der Waals surface area contributed by atoms with Crippen LogP contribution in [0.25, 0.3) is 0 Å². The Morgan fingerprint density at radius 2 is 2.10 bits per heavy atom. The lowest BCUT2D eigenvalue weighted by Crippen LogP contribution is -2.25. The lowest BCUT2D eigenvalue weighted by Gasteiger charge is -2.04. The summed E-state index contributed by atoms with van der Waals surface area (Å²) in [5.41, 5.74) is 0.144. The van der Waals surface area contributed by atoms with Gasteiger partial charge in [-0.25, -0.2) is 9.89 Å². The van der Waals surface area contributed by atoms with Crippen LogP contribution in [0.1, 0.15) is 26.5 Å². The number of aromatic carboxylic acids is 1. The molecule has 3 N–H and O–H groups in total. The van der Waals surface area contributed by atoms with Gasteiger partial charge in [-0.1, -0.05) is 0 Å². The molecular weight excluding hydrogens is 264 g/mol. The molecule has 8 heteroatoms. The summed E-state index contributed by atoms with van der Waals surface area (Å²) in [6.07, 6.45) is 1.35. The maximum atomic E-state index is 11.7. The van der Waals surface area contributed by atoms with Gasteiger partial charge in [0.2, 0.25) is 0 Å². The van der Waals surface area contributed by atoms with Crippen LogP contribution < -0.4 is 10.9 Å². The van der Waals surface area contributed by atoms with Crippen molar-refractivity contribution in [3.05, 3.63) is 57.8 Å². The SMILES string of the molecule is O=C(O)c1ccnc(CNC(=O)c2ccc(=O)[nH]n2)c1. The molecule has 102 valence electrons. The Kier molecular flexibility index (Phi) is 3.85. The Bertz CT molecular complexity index is 690. The van der Waals surface area contributed by atoms with E-state index >= 15 is 0 Å². The van der Waals surface area contributed by atoms with Crippen LogP contribution in [-0.2, 0) is 6.54 Å². The van der Waals surface area contributed by atoms with E-state index in [4.69, 9.17) is 5.11 Å². The van der Waals surface area contributed by atoms with Crippen molar-refractivity contribution in [1.29, 1.82) is 0 Å². The third-order valence-corrected chi connectivity index (χ3v) is 2.41. The number of pyridine rings is 1. The number of aromatic amines is 1. The average molecular weight is 274 g/mol. The fourth-order valence-electron chi connectivity index (χ4n) is 1.44. The third kappa shape index (κ3) is 3.25. The summed E-state index contributed by atoms with van der Waals surface area (Å²) in [7, 11) is 0. The van der Waals surface area contributed by atoms with Gasteiger partial charge in [0.05, 0.1) is 17.8 Å². The van der Waals surface area contributed by atoms with E-state index < -0.39 is 17.4 Å². The van der Waals surface area contributed by atoms with Crippen LogP contribution in [0.15, 0.2) is 35.3 Å². The molecule has 2 heterocycles. The number of carboxylic acid groups (broad SMARTS) is 1. The number of nitrogens with zero attached hydrogens (tertiary/aromatic N) is 2. The molecule has 0 radical (unpaired) electrons. The summed E-state index contributed by atoms with van der Waals surface area (Å²) in [6, 6.07) is 5.19. The Hall–Kier alpha value is -3.03. The molecule has 0 unspecified atom stereocenters. The van der Waals surface area contributed by atoms with Gasteiger partial charge in [0.25, 0.3) is 11.5 Å². The molecular formula is C12H10N4O4. The van der Waals surface area contributed by atoms with Crippen molar-refractivity contribution in [2.75, 3.05) is 0 Å². The van der Waals surface area contributed by atoms with Gasteiger partial charge in [-0.05, 0) is 18.2 Å². The molecule has 0 aromatic carbocycles. The number of carbonyl (C=O) groups excluding carboxylic acids is 1. The summed E-state index contributed by atoms with van der Waals surface area (Å²) in [5, 5.41) is 17.1. The third-order valence-electron chi connectivity index (χ3n) is 2.41. The smallest absolute Gasteiger partial charge is 0.335 e. The quantitative estimate of drug-likeness (QED) is 0.708. The van der Waals surface area contributed by atoms with Crippen LogP contribution in [0, 0.1) is 0 Å². The first-order valence-corrected chi connectivity index (χ1v) is 5.58. The van der Waals surface area contributed by atoms with E-state index in [-0.39, 0.29) is 17.8 Å². The predicted molar refractivity (Wildman–Crippen MR) is 67.2 cm³/mol. The molecule has 0 aliphatic heterocycles. The van der Waals surface area contributed by atoms with Gasteiger partial charge in [0.1, 0.15) is 5.69 Å². The number of H-pyrrole nitrogens is 1. The van der Waals surface area contributed by atoms with Crippen molar-refractivity contribution in [3.63, 3.8) is 0 Å². The van der Waals surface area contributed by atoms with Crippen molar-refractivity contribution in [1.82, 2.24) is 20.5 Å². The van der Waals surface area contributed by atoms with Crippen LogP contribution >= 0.6 is 0 Å². The van der Waals surface area contributed by atoms with E-state index in [0.29, 0.717) is 5.69 Å². The molecule has 1 amide bonds. The molecule has 0 saturated heterocycles. The largest absolute Gasteiger partial charge is 0.478 e. The monoisotopic (exact) mass is 274 g/mol. The van der Waals surface area contributed by atoms with Gasteiger partial charge >= 0.3 is 5.97 Å². The van der Waals surface area contributed by atoms with Gasteiger partial charge in [-0.2, -0.15) is 5.10 Å². The van der Waals surface area contributed by atoms with E-state index in [1.807, 2.05) is 0 Å². The average Bonchev–Trinajstić information content (AvgIpc) is 2.46. The van der Waals surface area contributed by atoms with Crippen molar-refractivity contribution >= 4 is 11.9 Å². The highest BCUT2D eigenvalue weighted by atomic mass is 16.4. The summed E-state index contributed by atoms with van der Waals surface area (Å²) in [4.78, 5) is 37.2. The maximum absolute atomic E-state index is 11.7. The Morgan fingerprint density at radius 1 is 1.30 bits per heavy atom. The first kappa shape index (κ1) is 13.4. The highest BCUT2D eigenvalue weighted by molar-refractivity contribution is 5.92.